The second-order valence-corrected chi connectivity index (χ2v) is 6.86. The van der Waals surface area contributed by atoms with Gasteiger partial charge in [-0.3, -0.25) is 4.79 Å². The van der Waals surface area contributed by atoms with Crippen molar-refractivity contribution in [3.05, 3.63) is 0 Å². The van der Waals surface area contributed by atoms with E-state index in [1.54, 1.807) is 6.92 Å². The van der Waals surface area contributed by atoms with Crippen LogP contribution in [0.5, 0.6) is 0 Å². The van der Waals surface area contributed by atoms with Gasteiger partial charge in [0.2, 0.25) is 5.91 Å². The molecule has 1 aliphatic carbocycles. The van der Waals surface area contributed by atoms with Crippen LogP contribution < -0.4 is 0 Å². The first-order chi connectivity index (χ1) is 7.35. The number of hydrogen-bond donors (Lipinski definition) is 0. The average Bonchev–Trinajstić information content (AvgIpc) is 2.13. The van der Waals surface area contributed by atoms with Crippen LogP contribution in [0.2, 0.25) is 0 Å². The normalized spacial score (nSPS) is 35.0. The second kappa shape index (κ2) is 3.75. The van der Waals surface area contributed by atoms with Crippen LogP contribution in [-0.4, -0.2) is 23.9 Å². The van der Waals surface area contributed by atoms with E-state index < -0.39 is 0 Å². The summed E-state index contributed by atoms with van der Waals surface area (Å²) in [7, 11) is 0. The average molecular weight is 223 g/mol. The number of hydrogen-bond acceptors (Lipinski definition) is 1. The summed E-state index contributed by atoms with van der Waals surface area (Å²) in [5.41, 5.74) is 0.861. The maximum Gasteiger partial charge on any atom is 0.219 e. The third-order valence-corrected chi connectivity index (χ3v) is 4.77. The summed E-state index contributed by atoms with van der Waals surface area (Å²) in [6.07, 6.45) is 5.22. The lowest BCUT2D eigenvalue weighted by Gasteiger charge is -2.59. The molecule has 0 aromatic carbocycles. The molecule has 1 heterocycles. The minimum atomic E-state index is 0.263. The molecule has 2 aliphatic rings. The number of piperidine rings is 1. The fourth-order valence-electron chi connectivity index (χ4n) is 3.97. The third kappa shape index (κ3) is 1.87. The zero-order chi connectivity index (χ0) is 12.0. The van der Waals surface area contributed by atoms with Crippen molar-refractivity contribution in [3.8, 4) is 0 Å². The minimum absolute atomic E-state index is 0.263. The highest BCUT2D eigenvalue weighted by Gasteiger charge is 2.53. The topological polar surface area (TPSA) is 20.3 Å². The van der Waals surface area contributed by atoms with Crippen molar-refractivity contribution in [2.24, 2.45) is 16.7 Å². The summed E-state index contributed by atoms with van der Waals surface area (Å²) in [5, 5.41) is 0. The van der Waals surface area contributed by atoms with Crippen molar-refractivity contribution >= 4 is 5.91 Å². The van der Waals surface area contributed by atoms with Gasteiger partial charge in [0.1, 0.15) is 0 Å². The van der Waals surface area contributed by atoms with E-state index >= 15 is 0 Å². The quantitative estimate of drug-likeness (QED) is 0.618. The first-order valence-corrected chi connectivity index (χ1v) is 6.61. The van der Waals surface area contributed by atoms with E-state index in [0.29, 0.717) is 10.8 Å². The van der Waals surface area contributed by atoms with Crippen LogP contribution in [0, 0.1) is 16.7 Å². The number of nitrogens with zero attached hydrogens (tertiary/aromatic N) is 1. The molecule has 2 fully saturated rings. The summed E-state index contributed by atoms with van der Waals surface area (Å²) in [4.78, 5) is 13.6. The van der Waals surface area contributed by atoms with Crippen molar-refractivity contribution in [2.45, 2.75) is 53.4 Å². The van der Waals surface area contributed by atoms with Crippen LogP contribution in [-0.2, 0) is 4.79 Å². The molecule has 0 aromatic heterocycles. The fourth-order valence-corrected chi connectivity index (χ4v) is 3.97. The van der Waals surface area contributed by atoms with E-state index in [1.165, 1.54) is 25.7 Å². The molecular weight excluding hydrogens is 198 g/mol. The van der Waals surface area contributed by atoms with E-state index in [2.05, 4.69) is 25.7 Å². The Kier molecular flexibility index (Phi) is 2.80. The number of carbonyl (C=O) groups is 1. The summed E-state index contributed by atoms with van der Waals surface area (Å²) in [6, 6.07) is 0. The van der Waals surface area contributed by atoms with Crippen LogP contribution in [0.3, 0.4) is 0 Å². The number of rotatable bonds is 0. The van der Waals surface area contributed by atoms with Crippen molar-refractivity contribution in [1.29, 1.82) is 0 Å². The lowest BCUT2D eigenvalue weighted by molar-refractivity contribution is -0.142. The number of amides is 1. The summed E-state index contributed by atoms with van der Waals surface area (Å²) in [6.45, 7) is 10.8. The monoisotopic (exact) mass is 223 g/mol. The molecule has 1 spiro atoms. The van der Waals surface area contributed by atoms with Gasteiger partial charge in [-0.2, -0.15) is 0 Å². The molecule has 2 heteroatoms. The highest BCUT2D eigenvalue weighted by Crippen LogP contribution is 2.58. The maximum atomic E-state index is 11.5. The van der Waals surface area contributed by atoms with Gasteiger partial charge in [0.25, 0.3) is 0 Å². The van der Waals surface area contributed by atoms with E-state index in [4.69, 9.17) is 0 Å². The van der Waals surface area contributed by atoms with E-state index in [1.807, 2.05) is 0 Å². The van der Waals surface area contributed by atoms with E-state index in [-0.39, 0.29) is 5.91 Å². The van der Waals surface area contributed by atoms with Gasteiger partial charge in [-0.15, -0.1) is 0 Å². The van der Waals surface area contributed by atoms with Gasteiger partial charge < -0.3 is 4.90 Å². The Morgan fingerprint density at radius 1 is 1.31 bits per heavy atom. The molecule has 0 bridgehead atoms. The molecule has 16 heavy (non-hydrogen) atoms. The molecule has 0 aromatic rings. The van der Waals surface area contributed by atoms with Crippen LogP contribution in [0.1, 0.15) is 53.4 Å². The van der Waals surface area contributed by atoms with Crippen LogP contribution >= 0.6 is 0 Å². The summed E-state index contributed by atoms with van der Waals surface area (Å²) >= 11 is 0. The van der Waals surface area contributed by atoms with Gasteiger partial charge in [0, 0.05) is 20.0 Å². The molecule has 2 rings (SSSR count). The van der Waals surface area contributed by atoms with Gasteiger partial charge >= 0.3 is 0 Å². The molecule has 2 unspecified atom stereocenters. The highest BCUT2D eigenvalue weighted by atomic mass is 16.2. The first-order valence-electron chi connectivity index (χ1n) is 6.61. The SMILES string of the molecule is CC(=O)N1CCCC2(CCC2C(C)(C)C)C1. The van der Waals surface area contributed by atoms with Crippen molar-refractivity contribution in [1.82, 2.24) is 4.90 Å². The molecular formula is C14H25NO. The third-order valence-electron chi connectivity index (χ3n) is 4.77. The highest BCUT2D eigenvalue weighted by molar-refractivity contribution is 5.73. The molecule has 0 N–H and O–H groups in total. The number of likely N-dealkylation sites (tertiary alicyclic amines) is 1. The minimum Gasteiger partial charge on any atom is -0.342 e. The lowest BCUT2D eigenvalue weighted by atomic mass is 9.49. The Balaban J connectivity index is 2.11. The summed E-state index contributed by atoms with van der Waals surface area (Å²) < 4.78 is 0. The van der Waals surface area contributed by atoms with Gasteiger partial charge in [-0.25, -0.2) is 0 Å². The first kappa shape index (κ1) is 11.9. The van der Waals surface area contributed by atoms with Crippen LogP contribution in [0.4, 0.5) is 0 Å². The van der Waals surface area contributed by atoms with Crippen LogP contribution in [0.25, 0.3) is 0 Å². The predicted octanol–water partition coefficient (Wildman–Crippen LogP) is 3.07. The molecule has 2 atom stereocenters. The Bertz CT molecular complexity index is 292. The fraction of sp³-hybridized carbons (Fsp3) is 0.929. The van der Waals surface area contributed by atoms with Crippen molar-refractivity contribution in [2.75, 3.05) is 13.1 Å². The van der Waals surface area contributed by atoms with Gasteiger partial charge in [-0.05, 0) is 42.4 Å². The molecule has 0 radical (unpaired) electrons. The van der Waals surface area contributed by atoms with Gasteiger partial charge in [0.15, 0.2) is 0 Å². The molecule has 1 amide bonds. The largest absolute Gasteiger partial charge is 0.342 e. The second-order valence-electron chi connectivity index (χ2n) is 6.86. The van der Waals surface area contributed by atoms with Gasteiger partial charge in [-0.1, -0.05) is 20.8 Å². The van der Waals surface area contributed by atoms with E-state index in [0.717, 1.165) is 19.0 Å². The molecule has 1 saturated heterocycles. The molecule has 1 saturated carbocycles. The molecule has 2 nitrogen and oxygen atoms in total. The van der Waals surface area contributed by atoms with E-state index in [9.17, 15) is 4.79 Å². The van der Waals surface area contributed by atoms with Crippen LogP contribution in [0.15, 0.2) is 0 Å². The Morgan fingerprint density at radius 2 is 2.00 bits per heavy atom. The maximum absolute atomic E-state index is 11.5. The standard InChI is InChI=1S/C14H25NO/c1-11(16)15-9-5-7-14(10-15)8-6-12(14)13(2,3)4/h12H,5-10H2,1-4H3. The summed E-state index contributed by atoms with van der Waals surface area (Å²) in [5.74, 6) is 1.07. The molecule has 1 aliphatic heterocycles. The molecule has 92 valence electrons. The number of carbonyl (C=O) groups excluding carboxylic acids is 1. The zero-order valence-corrected chi connectivity index (χ0v) is 11.2. The van der Waals surface area contributed by atoms with Gasteiger partial charge in [0.05, 0.1) is 0 Å². The Hall–Kier alpha value is -0.530. The Morgan fingerprint density at radius 3 is 2.44 bits per heavy atom. The van der Waals surface area contributed by atoms with Crippen molar-refractivity contribution in [3.63, 3.8) is 0 Å². The Labute approximate surface area is 99.4 Å². The smallest absolute Gasteiger partial charge is 0.219 e. The predicted molar refractivity (Wildman–Crippen MR) is 66.1 cm³/mol. The lowest BCUT2D eigenvalue weighted by Crippen LogP contribution is -2.56. The van der Waals surface area contributed by atoms with Crippen molar-refractivity contribution < 1.29 is 4.79 Å². The zero-order valence-electron chi connectivity index (χ0n) is 11.2.